The zero-order chi connectivity index (χ0) is 22.5. The van der Waals surface area contributed by atoms with Crippen molar-refractivity contribution < 1.29 is 9.59 Å². The number of hydrogen-bond donors (Lipinski definition) is 1. The van der Waals surface area contributed by atoms with Crippen LogP contribution in [0.2, 0.25) is 0 Å². The fourth-order valence-electron chi connectivity index (χ4n) is 4.38. The summed E-state index contributed by atoms with van der Waals surface area (Å²) in [5.74, 6) is -0.279. The lowest BCUT2D eigenvalue weighted by molar-refractivity contribution is -0.126. The second-order valence-corrected chi connectivity index (χ2v) is 9.57. The molecule has 32 heavy (non-hydrogen) atoms. The van der Waals surface area contributed by atoms with Gasteiger partial charge in [-0.15, -0.1) is 11.3 Å². The molecule has 1 aliphatic rings. The Morgan fingerprint density at radius 1 is 1.03 bits per heavy atom. The van der Waals surface area contributed by atoms with E-state index >= 15 is 0 Å². The molecule has 166 valence electrons. The van der Waals surface area contributed by atoms with Crippen LogP contribution in [-0.2, 0) is 11.3 Å². The smallest absolute Gasteiger partial charge is 0.267 e. The van der Waals surface area contributed by atoms with Gasteiger partial charge in [0.05, 0.1) is 10.7 Å². The highest BCUT2D eigenvalue weighted by molar-refractivity contribution is 7.13. The number of carbonyl (C=O) groups excluding carboxylic acids is 2. The molecule has 1 N–H and O–H groups in total. The maximum Gasteiger partial charge on any atom is 0.267 e. The molecule has 0 saturated heterocycles. The Morgan fingerprint density at radius 2 is 1.66 bits per heavy atom. The minimum absolute atomic E-state index is 0.119. The van der Waals surface area contributed by atoms with E-state index in [1.165, 1.54) is 11.3 Å². The third kappa shape index (κ3) is 5.07. The van der Waals surface area contributed by atoms with Gasteiger partial charge < -0.3 is 10.2 Å². The molecular formula is C26H29N3O2S. The number of thiazole rings is 1. The molecule has 1 saturated carbocycles. The molecule has 3 aromatic rings. The third-order valence-electron chi connectivity index (χ3n) is 5.93. The summed E-state index contributed by atoms with van der Waals surface area (Å²) in [5.41, 5.74) is 2.50. The molecule has 1 aliphatic carbocycles. The topological polar surface area (TPSA) is 62.3 Å². The van der Waals surface area contributed by atoms with Crippen molar-refractivity contribution >= 4 is 23.2 Å². The summed E-state index contributed by atoms with van der Waals surface area (Å²) >= 11 is 1.38. The molecule has 1 aromatic heterocycles. The number of aromatic nitrogens is 1. The number of nitrogens with one attached hydrogen (secondary N) is 1. The van der Waals surface area contributed by atoms with Crippen molar-refractivity contribution in [1.82, 2.24) is 15.2 Å². The van der Waals surface area contributed by atoms with Gasteiger partial charge in [0.15, 0.2) is 0 Å². The number of rotatable bonds is 7. The summed E-state index contributed by atoms with van der Waals surface area (Å²) in [6.45, 7) is 4.10. The molecule has 1 fully saturated rings. The van der Waals surface area contributed by atoms with E-state index in [1.54, 1.807) is 4.90 Å². The largest absolute Gasteiger partial charge is 0.351 e. The predicted octanol–water partition coefficient (Wildman–Crippen LogP) is 5.20. The number of carbonyl (C=O) groups is 2. The molecule has 6 heteroatoms. The Morgan fingerprint density at radius 3 is 2.25 bits per heavy atom. The van der Waals surface area contributed by atoms with Crippen LogP contribution in [0.25, 0.3) is 0 Å². The first-order valence-corrected chi connectivity index (χ1v) is 12.0. The maximum absolute atomic E-state index is 13.9. The first-order valence-electron chi connectivity index (χ1n) is 11.2. The van der Waals surface area contributed by atoms with Crippen LogP contribution in [0.15, 0.2) is 60.7 Å². The molecule has 2 aromatic carbocycles. The molecule has 4 rings (SSSR count). The first-order chi connectivity index (χ1) is 15.5. The van der Waals surface area contributed by atoms with Crippen LogP contribution in [0, 0.1) is 13.8 Å². The zero-order valence-electron chi connectivity index (χ0n) is 18.6. The van der Waals surface area contributed by atoms with Gasteiger partial charge in [-0.1, -0.05) is 73.5 Å². The van der Waals surface area contributed by atoms with Gasteiger partial charge >= 0.3 is 0 Å². The summed E-state index contributed by atoms with van der Waals surface area (Å²) in [6.07, 6.45) is 4.25. The van der Waals surface area contributed by atoms with Crippen molar-refractivity contribution in [2.75, 3.05) is 0 Å². The lowest BCUT2D eigenvalue weighted by Crippen LogP contribution is -2.45. The van der Waals surface area contributed by atoms with Gasteiger partial charge in [-0.2, -0.15) is 0 Å². The van der Waals surface area contributed by atoms with E-state index in [9.17, 15) is 9.59 Å². The Labute approximate surface area is 193 Å². The Bertz CT molecular complexity index is 1060. The van der Waals surface area contributed by atoms with Crippen molar-refractivity contribution in [2.45, 2.75) is 58.2 Å². The van der Waals surface area contributed by atoms with Crippen LogP contribution >= 0.6 is 11.3 Å². The molecule has 1 unspecified atom stereocenters. The van der Waals surface area contributed by atoms with Crippen LogP contribution < -0.4 is 5.32 Å². The van der Waals surface area contributed by atoms with E-state index in [0.717, 1.165) is 41.8 Å². The fourth-order valence-corrected chi connectivity index (χ4v) is 5.25. The van der Waals surface area contributed by atoms with E-state index in [-0.39, 0.29) is 17.9 Å². The standard InChI is InChI=1S/C26H29N3O2S/c1-18-24(32-19(2)27-18)26(31)29(17-20-11-5-3-6-12-20)23(21-13-7-4-8-14-21)25(30)28-22-15-9-10-16-22/h3-8,11-14,22-23H,9-10,15-17H2,1-2H3,(H,28,30). The molecule has 1 heterocycles. The van der Waals surface area contributed by atoms with Gasteiger partial charge in [-0.05, 0) is 37.8 Å². The van der Waals surface area contributed by atoms with Gasteiger partial charge in [-0.25, -0.2) is 4.98 Å². The molecule has 5 nitrogen and oxygen atoms in total. The minimum atomic E-state index is -0.716. The molecular weight excluding hydrogens is 418 g/mol. The zero-order valence-corrected chi connectivity index (χ0v) is 19.4. The highest BCUT2D eigenvalue weighted by Crippen LogP contribution is 2.29. The number of nitrogens with zero attached hydrogens (tertiary/aromatic N) is 2. The minimum Gasteiger partial charge on any atom is -0.351 e. The molecule has 0 radical (unpaired) electrons. The van der Waals surface area contributed by atoms with Crippen LogP contribution in [-0.4, -0.2) is 27.7 Å². The SMILES string of the molecule is Cc1nc(C)c(C(=O)N(Cc2ccccc2)C(C(=O)NC2CCCC2)c2ccccc2)s1. The average Bonchev–Trinajstić information content (AvgIpc) is 3.43. The number of aryl methyl sites for hydroxylation is 2. The van der Waals surface area contributed by atoms with E-state index in [4.69, 9.17) is 0 Å². The molecule has 2 amide bonds. The van der Waals surface area contributed by atoms with Crippen LogP contribution in [0.5, 0.6) is 0 Å². The van der Waals surface area contributed by atoms with Gasteiger partial charge in [0.25, 0.3) is 5.91 Å². The normalized spacial score (nSPS) is 14.8. The van der Waals surface area contributed by atoms with Crippen molar-refractivity contribution in [3.8, 4) is 0 Å². The maximum atomic E-state index is 13.9. The molecule has 1 atom stereocenters. The highest BCUT2D eigenvalue weighted by atomic mass is 32.1. The van der Waals surface area contributed by atoms with Crippen molar-refractivity contribution in [3.63, 3.8) is 0 Å². The van der Waals surface area contributed by atoms with Crippen molar-refractivity contribution in [2.24, 2.45) is 0 Å². The van der Waals surface area contributed by atoms with E-state index < -0.39 is 6.04 Å². The summed E-state index contributed by atoms with van der Waals surface area (Å²) in [5, 5.41) is 4.07. The number of benzene rings is 2. The summed E-state index contributed by atoms with van der Waals surface area (Å²) in [7, 11) is 0. The Kier molecular flexibility index (Phi) is 7.00. The van der Waals surface area contributed by atoms with Crippen LogP contribution in [0.4, 0.5) is 0 Å². The van der Waals surface area contributed by atoms with Crippen LogP contribution in [0.1, 0.15) is 63.2 Å². The molecule has 0 spiro atoms. The van der Waals surface area contributed by atoms with Gasteiger partial charge in [0.2, 0.25) is 5.91 Å². The highest BCUT2D eigenvalue weighted by Gasteiger charge is 2.35. The van der Waals surface area contributed by atoms with Gasteiger partial charge in [-0.3, -0.25) is 9.59 Å². The Balaban J connectivity index is 1.75. The molecule has 0 bridgehead atoms. The van der Waals surface area contributed by atoms with E-state index in [1.807, 2.05) is 74.5 Å². The van der Waals surface area contributed by atoms with Crippen molar-refractivity contribution in [3.05, 3.63) is 87.4 Å². The van der Waals surface area contributed by atoms with Gasteiger partial charge in [0.1, 0.15) is 10.9 Å². The predicted molar refractivity (Wildman–Crippen MR) is 127 cm³/mol. The fraction of sp³-hybridized carbons (Fsp3) is 0.346. The van der Waals surface area contributed by atoms with Crippen LogP contribution in [0.3, 0.4) is 0 Å². The van der Waals surface area contributed by atoms with E-state index in [2.05, 4.69) is 10.3 Å². The second-order valence-electron chi connectivity index (χ2n) is 8.37. The summed E-state index contributed by atoms with van der Waals surface area (Å²) < 4.78 is 0. The quantitative estimate of drug-likeness (QED) is 0.541. The average molecular weight is 448 g/mol. The lowest BCUT2D eigenvalue weighted by atomic mass is 10.0. The third-order valence-corrected chi connectivity index (χ3v) is 6.99. The second kappa shape index (κ2) is 10.1. The monoisotopic (exact) mass is 447 g/mol. The Hall–Kier alpha value is -2.99. The molecule has 0 aliphatic heterocycles. The van der Waals surface area contributed by atoms with Crippen molar-refractivity contribution in [1.29, 1.82) is 0 Å². The van der Waals surface area contributed by atoms with Gasteiger partial charge in [0, 0.05) is 12.6 Å². The first kappa shape index (κ1) is 22.2. The number of amides is 2. The summed E-state index contributed by atoms with van der Waals surface area (Å²) in [6, 6.07) is 18.9. The summed E-state index contributed by atoms with van der Waals surface area (Å²) in [4.78, 5) is 34.2. The number of hydrogen-bond acceptors (Lipinski definition) is 4. The lowest BCUT2D eigenvalue weighted by Gasteiger charge is -2.32. The van der Waals surface area contributed by atoms with E-state index in [0.29, 0.717) is 17.1 Å².